The topological polar surface area (TPSA) is 51.8 Å². The number of furan rings is 1. The first kappa shape index (κ1) is 36.0. The highest BCUT2D eigenvalue weighted by Crippen LogP contribution is 2.55. The summed E-state index contributed by atoms with van der Waals surface area (Å²) >= 11 is 0. The Morgan fingerprint density at radius 1 is 0.365 bits per heavy atom. The van der Waals surface area contributed by atoms with Gasteiger partial charge in [-0.1, -0.05) is 179 Å². The van der Waals surface area contributed by atoms with Crippen molar-refractivity contribution < 1.29 is 4.42 Å². The van der Waals surface area contributed by atoms with E-state index >= 15 is 0 Å². The summed E-state index contributed by atoms with van der Waals surface area (Å²) in [6, 6.07) is 63.2. The fraction of sp³-hybridized carbons (Fsp3) is 0.102. The van der Waals surface area contributed by atoms with Gasteiger partial charge in [-0.25, -0.2) is 15.0 Å². The quantitative estimate of drug-likeness (QED) is 0.166. The van der Waals surface area contributed by atoms with E-state index in [0.29, 0.717) is 17.5 Å². The van der Waals surface area contributed by atoms with E-state index in [0.717, 1.165) is 55.3 Å². The van der Waals surface area contributed by atoms with Crippen molar-refractivity contribution in [2.45, 2.75) is 38.5 Å². The lowest BCUT2D eigenvalue weighted by Gasteiger charge is -2.22. The number of para-hydroxylation sites is 1. The highest BCUT2D eigenvalue weighted by molar-refractivity contribution is 6.18. The minimum atomic E-state index is -0.272. The molecule has 11 aromatic rings. The zero-order valence-corrected chi connectivity index (χ0v) is 35.5. The van der Waals surface area contributed by atoms with Crippen LogP contribution in [0.2, 0.25) is 0 Å². The molecule has 0 spiro atoms. The van der Waals surface area contributed by atoms with Crippen LogP contribution < -0.4 is 0 Å². The molecular formula is C59H41N3O. The van der Waals surface area contributed by atoms with Crippen LogP contribution in [0, 0.1) is 0 Å². The van der Waals surface area contributed by atoms with Crippen LogP contribution in [0.25, 0.3) is 111 Å². The molecule has 0 saturated heterocycles. The average molecular weight is 808 g/mol. The van der Waals surface area contributed by atoms with Crippen molar-refractivity contribution in [2.75, 3.05) is 0 Å². The van der Waals surface area contributed by atoms with Gasteiger partial charge in [0.15, 0.2) is 17.5 Å². The molecule has 0 aliphatic heterocycles. The van der Waals surface area contributed by atoms with Gasteiger partial charge in [0.05, 0.1) is 0 Å². The number of hydrogen-bond acceptors (Lipinski definition) is 4. The Hall–Kier alpha value is -7.69. The lowest BCUT2D eigenvalue weighted by atomic mass is 9.81. The van der Waals surface area contributed by atoms with Crippen molar-refractivity contribution in [1.29, 1.82) is 0 Å². The van der Waals surface area contributed by atoms with Gasteiger partial charge in [0, 0.05) is 43.9 Å². The van der Waals surface area contributed by atoms with Crippen molar-refractivity contribution >= 4 is 43.5 Å². The van der Waals surface area contributed by atoms with Gasteiger partial charge in [0.1, 0.15) is 11.2 Å². The minimum absolute atomic E-state index is 0.0757. The van der Waals surface area contributed by atoms with Gasteiger partial charge in [0.2, 0.25) is 0 Å². The van der Waals surface area contributed by atoms with E-state index in [1.165, 1.54) is 60.5 Å². The molecule has 0 radical (unpaired) electrons. The van der Waals surface area contributed by atoms with Crippen LogP contribution in [0.1, 0.15) is 49.9 Å². The van der Waals surface area contributed by atoms with E-state index in [1.807, 2.05) is 12.1 Å². The van der Waals surface area contributed by atoms with Crippen LogP contribution in [-0.4, -0.2) is 15.0 Å². The third-order valence-electron chi connectivity index (χ3n) is 14.1. The van der Waals surface area contributed by atoms with Crippen LogP contribution in [0.5, 0.6) is 0 Å². The van der Waals surface area contributed by atoms with Crippen LogP contribution in [0.4, 0.5) is 0 Å². The number of aromatic nitrogens is 3. The van der Waals surface area contributed by atoms with Gasteiger partial charge in [-0.3, -0.25) is 0 Å². The molecule has 9 aromatic carbocycles. The predicted octanol–water partition coefficient (Wildman–Crippen LogP) is 15.4. The smallest absolute Gasteiger partial charge is 0.164 e. The van der Waals surface area contributed by atoms with E-state index in [9.17, 15) is 0 Å². The zero-order valence-electron chi connectivity index (χ0n) is 35.5. The molecule has 13 rings (SSSR count). The molecule has 0 bridgehead atoms. The average Bonchev–Trinajstić information content (AvgIpc) is 3.91. The molecule has 2 aromatic heterocycles. The van der Waals surface area contributed by atoms with Gasteiger partial charge in [-0.15, -0.1) is 0 Å². The van der Waals surface area contributed by atoms with Crippen LogP contribution in [0.3, 0.4) is 0 Å². The Kier molecular flexibility index (Phi) is 7.38. The fourth-order valence-corrected chi connectivity index (χ4v) is 10.9. The molecule has 4 heteroatoms. The van der Waals surface area contributed by atoms with Gasteiger partial charge in [-0.05, 0) is 95.9 Å². The molecule has 0 fully saturated rings. The Balaban J connectivity index is 1.08. The molecule has 0 amide bonds. The summed E-state index contributed by atoms with van der Waals surface area (Å²) in [6.45, 7) is 9.30. The second-order valence-corrected chi connectivity index (χ2v) is 18.3. The van der Waals surface area contributed by atoms with E-state index in [4.69, 9.17) is 19.4 Å². The van der Waals surface area contributed by atoms with Crippen LogP contribution in [0.15, 0.2) is 180 Å². The summed E-state index contributed by atoms with van der Waals surface area (Å²) in [6.07, 6.45) is 0. The highest BCUT2D eigenvalue weighted by atomic mass is 16.3. The third-order valence-corrected chi connectivity index (χ3v) is 14.1. The van der Waals surface area contributed by atoms with E-state index < -0.39 is 0 Å². The number of nitrogens with zero attached hydrogens (tertiary/aromatic N) is 3. The Bertz CT molecular complexity index is 3740. The van der Waals surface area contributed by atoms with E-state index in [2.05, 4.69) is 191 Å². The van der Waals surface area contributed by atoms with Crippen molar-refractivity contribution in [3.05, 3.63) is 198 Å². The molecule has 0 N–H and O–H groups in total. The van der Waals surface area contributed by atoms with Gasteiger partial charge < -0.3 is 4.42 Å². The molecule has 0 saturated carbocycles. The molecule has 4 nitrogen and oxygen atoms in total. The predicted molar refractivity (Wildman–Crippen MR) is 259 cm³/mol. The molecule has 63 heavy (non-hydrogen) atoms. The van der Waals surface area contributed by atoms with Crippen molar-refractivity contribution in [2.24, 2.45) is 0 Å². The van der Waals surface area contributed by atoms with E-state index in [-0.39, 0.29) is 10.8 Å². The lowest BCUT2D eigenvalue weighted by molar-refractivity contribution is 0.653. The number of fused-ring (bicyclic) bond motifs is 14. The van der Waals surface area contributed by atoms with Crippen molar-refractivity contribution in [3.63, 3.8) is 0 Å². The number of hydrogen-bond donors (Lipinski definition) is 0. The highest BCUT2D eigenvalue weighted by Gasteiger charge is 2.39. The normalized spacial score (nSPS) is 14.3. The summed E-state index contributed by atoms with van der Waals surface area (Å²) in [7, 11) is 0. The summed E-state index contributed by atoms with van der Waals surface area (Å²) in [5, 5.41) is 6.88. The maximum atomic E-state index is 6.89. The first-order valence-corrected chi connectivity index (χ1v) is 21.9. The molecular weight excluding hydrogens is 767 g/mol. The molecule has 2 aliphatic carbocycles. The second kappa shape index (κ2) is 12.9. The van der Waals surface area contributed by atoms with E-state index in [1.54, 1.807) is 0 Å². The number of rotatable bonds is 4. The number of benzene rings is 9. The van der Waals surface area contributed by atoms with Crippen molar-refractivity contribution in [1.82, 2.24) is 15.0 Å². The Morgan fingerprint density at radius 2 is 0.968 bits per heavy atom. The Morgan fingerprint density at radius 3 is 1.76 bits per heavy atom. The zero-order chi connectivity index (χ0) is 42.2. The second-order valence-electron chi connectivity index (χ2n) is 18.3. The summed E-state index contributed by atoms with van der Waals surface area (Å²) in [4.78, 5) is 16.2. The van der Waals surface area contributed by atoms with Crippen molar-refractivity contribution in [3.8, 4) is 67.5 Å². The van der Waals surface area contributed by atoms with Gasteiger partial charge in [0.25, 0.3) is 0 Å². The summed E-state index contributed by atoms with van der Waals surface area (Å²) in [5.74, 6) is 1.85. The standard InChI is InChI=1S/C59H41N3O/c1-58(2)46-22-11-8-19-41(46)51-40-28-27-35-25-26-38(32-44(35)39(40)29-30-48(51)58)56-60-55(37-18-14-17-36(31-37)34-15-6-5-7-16-34)61-57(62-56)45-33-49-53(42-20-9-12-23-47(42)59(49,3)4)54-52(45)43-21-10-13-24-50(43)63-54/h5-33H,1-4H3. The Labute approximate surface area is 365 Å². The first-order chi connectivity index (χ1) is 30.7. The van der Waals surface area contributed by atoms with Gasteiger partial charge >= 0.3 is 0 Å². The summed E-state index contributed by atoms with van der Waals surface area (Å²) < 4.78 is 6.89. The largest absolute Gasteiger partial charge is 0.455 e. The lowest BCUT2D eigenvalue weighted by Crippen LogP contribution is -2.15. The molecule has 2 heterocycles. The van der Waals surface area contributed by atoms with Crippen LogP contribution in [-0.2, 0) is 10.8 Å². The van der Waals surface area contributed by atoms with Gasteiger partial charge in [-0.2, -0.15) is 0 Å². The van der Waals surface area contributed by atoms with Crippen LogP contribution >= 0.6 is 0 Å². The molecule has 0 atom stereocenters. The maximum Gasteiger partial charge on any atom is 0.164 e. The SMILES string of the molecule is CC1(C)c2ccccc2-c2c1ccc1c2ccc2ccc(-c3nc(-c4cccc(-c5ccccc5)c4)nc(-c4cc5c(c6oc7ccccc7c46)-c4ccccc4C5(C)C)n3)cc21. The monoisotopic (exact) mass is 807 g/mol. The fourth-order valence-electron chi connectivity index (χ4n) is 10.9. The minimum Gasteiger partial charge on any atom is -0.455 e. The molecule has 0 unspecified atom stereocenters. The molecule has 2 aliphatic rings. The first-order valence-electron chi connectivity index (χ1n) is 21.9. The summed E-state index contributed by atoms with van der Waals surface area (Å²) in [5.41, 5.74) is 16.6. The molecule has 298 valence electrons. The third kappa shape index (κ3) is 5.12. The maximum absolute atomic E-state index is 6.89.